The Morgan fingerprint density at radius 2 is 1.96 bits per heavy atom. The van der Waals surface area contributed by atoms with Gasteiger partial charge in [0.2, 0.25) is 0 Å². The van der Waals surface area contributed by atoms with Gasteiger partial charge < -0.3 is 19.3 Å². The molecule has 0 aliphatic carbocycles. The van der Waals surface area contributed by atoms with Crippen LogP contribution in [0.3, 0.4) is 0 Å². The van der Waals surface area contributed by atoms with Crippen LogP contribution in [0.1, 0.15) is 52.5 Å². The van der Waals surface area contributed by atoms with Crippen molar-refractivity contribution < 1.29 is 28.9 Å². The van der Waals surface area contributed by atoms with Gasteiger partial charge in [0.15, 0.2) is 17.0 Å². The summed E-state index contributed by atoms with van der Waals surface area (Å²) in [5.74, 6) is -1.35. The molecule has 144 valence electrons. The number of hydrogen-bond acceptors (Lipinski definition) is 5. The van der Waals surface area contributed by atoms with E-state index in [1.54, 1.807) is 31.2 Å². The number of ether oxygens (including phenoxy) is 3. The van der Waals surface area contributed by atoms with E-state index in [-0.39, 0.29) is 18.3 Å². The number of carboxylic acids is 1. The number of carbonyl (C=O) groups is 2. The standard InChI is InChI=1S/C20H28O6/c1-5-20(14(2)21,18(22)23)15-8-10-16(11-9-15)24-12-6-7-17-13-25-19(3,4)26-17/h8-11,17H,5-7,12-13H2,1-4H3,(H,22,23). The molecular weight excluding hydrogens is 336 g/mol. The first kappa shape index (κ1) is 20.4. The highest BCUT2D eigenvalue weighted by Crippen LogP contribution is 2.31. The third kappa shape index (κ3) is 4.43. The van der Waals surface area contributed by atoms with E-state index >= 15 is 0 Å². The molecule has 1 aliphatic rings. The van der Waals surface area contributed by atoms with E-state index in [9.17, 15) is 14.7 Å². The van der Waals surface area contributed by atoms with Gasteiger partial charge in [-0.15, -0.1) is 0 Å². The SMILES string of the molecule is CCC(C(C)=O)(C(=O)O)c1ccc(OCCCC2COC(C)(C)O2)cc1. The van der Waals surface area contributed by atoms with E-state index in [2.05, 4.69) is 0 Å². The third-order valence-electron chi connectivity index (χ3n) is 4.85. The van der Waals surface area contributed by atoms with E-state index < -0.39 is 17.2 Å². The maximum Gasteiger partial charge on any atom is 0.321 e. The van der Waals surface area contributed by atoms with Gasteiger partial charge in [-0.3, -0.25) is 9.59 Å². The summed E-state index contributed by atoms with van der Waals surface area (Å²) in [6, 6.07) is 6.74. The summed E-state index contributed by atoms with van der Waals surface area (Å²) in [5.41, 5.74) is -1.02. The smallest absolute Gasteiger partial charge is 0.321 e. The van der Waals surface area contributed by atoms with Gasteiger partial charge in [-0.2, -0.15) is 0 Å². The second-order valence-corrected chi connectivity index (χ2v) is 7.09. The maximum absolute atomic E-state index is 12.0. The fourth-order valence-electron chi connectivity index (χ4n) is 3.32. The first-order valence-corrected chi connectivity index (χ1v) is 9.01. The zero-order chi connectivity index (χ0) is 19.4. The number of aliphatic carboxylic acids is 1. The van der Waals surface area contributed by atoms with E-state index in [1.165, 1.54) is 6.92 Å². The van der Waals surface area contributed by atoms with Crippen LogP contribution >= 0.6 is 0 Å². The molecule has 2 rings (SSSR count). The van der Waals surface area contributed by atoms with Crippen LogP contribution in [-0.4, -0.2) is 42.0 Å². The second-order valence-electron chi connectivity index (χ2n) is 7.09. The van der Waals surface area contributed by atoms with Crippen molar-refractivity contribution in [3.8, 4) is 5.75 Å². The Hall–Kier alpha value is -1.92. The topological polar surface area (TPSA) is 82.1 Å². The lowest BCUT2D eigenvalue weighted by Gasteiger charge is -2.25. The van der Waals surface area contributed by atoms with Gasteiger partial charge in [0.25, 0.3) is 0 Å². The van der Waals surface area contributed by atoms with Crippen LogP contribution in [0.25, 0.3) is 0 Å². The lowest BCUT2D eigenvalue weighted by molar-refractivity contribution is -0.148. The zero-order valence-electron chi connectivity index (χ0n) is 15.9. The maximum atomic E-state index is 12.0. The molecule has 0 aromatic heterocycles. The molecular formula is C20H28O6. The quantitative estimate of drug-likeness (QED) is 0.535. The molecule has 1 heterocycles. The molecule has 1 fully saturated rings. The fraction of sp³-hybridized carbons (Fsp3) is 0.600. The molecule has 0 spiro atoms. The summed E-state index contributed by atoms with van der Waals surface area (Å²) in [6.45, 7) is 7.96. The monoisotopic (exact) mass is 364 g/mol. The number of carbonyl (C=O) groups excluding carboxylic acids is 1. The molecule has 1 N–H and O–H groups in total. The first-order valence-electron chi connectivity index (χ1n) is 9.01. The largest absolute Gasteiger partial charge is 0.494 e. The van der Waals surface area contributed by atoms with E-state index in [0.717, 1.165) is 12.8 Å². The van der Waals surface area contributed by atoms with Gasteiger partial charge in [-0.25, -0.2) is 0 Å². The molecule has 0 amide bonds. The van der Waals surface area contributed by atoms with Crippen molar-refractivity contribution >= 4 is 11.8 Å². The number of ketones is 1. The minimum Gasteiger partial charge on any atom is -0.494 e. The highest BCUT2D eigenvalue weighted by Gasteiger charge is 2.43. The van der Waals surface area contributed by atoms with Crippen molar-refractivity contribution in [2.75, 3.05) is 13.2 Å². The molecule has 0 saturated carbocycles. The summed E-state index contributed by atoms with van der Waals surface area (Å²) in [4.78, 5) is 23.7. The summed E-state index contributed by atoms with van der Waals surface area (Å²) < 4.78 is 17.0. The third-order valence-corrected chi connectivity index (χ3v) is 4.85. The molecule has 1 saturated heterocycles. The Bertz CT molecular complexity index is 620. The van der Waals surface area contributed by atoms with Crippen molar-refractivity contribution in [1.82, 2.24) is 0 Å². The lowest BCUT2D eigenvalue weighted by atomic mass is 9.75. The Kier molecular flexibility index (Phi) is 6.42. The van der Waals surface area contributed by atoms with E-state index in [4.69, 9.17) is 14.2 Å². The van der Waals surface area contributed by atoms with Crippen LogP contribution in [-0.2, 0) is 24.5 Å². The average Bonchev–Trinajstić information content (AvgIpc) is 2.92. The van der Waals surface area contributed by atoms with Crippen molar-refractivity contribution in [3.05, 3.63) is 29.8 Å². The molecule has 6 nitrogen and oxygen atoms in total. The van der Waals surface area contributed by atoms with Crippen molar-refractivity contribution in [3.63, 3.8) is 0 Å². The van der Waals surface area contributed by atoms with Crippen LogP contribution < -0.4 is 4.74 Å². The number of Topliss-reactive ketones (excluding diaryl/α,β-unsaturated/α-hetero) is 1. The number of rotatable bonds is 9. The Morgan fingerprint density at radius 1 is 1.31 bits per heavy atom. The van der Waals surface area contributed by atoms with Crippen molar-refractivity contribution in [1.29, 1.82) is 0 Å². The van der Waals surface area contributed by atoms with Gasteiger partial charge in [0, 0.05) is 0 Å². The number of benzene rings is 1. The molecule has 2 unspecified atom stereocenters. The van der Waals surface area contributed by atoms with Crippen LogP contribution in [0.4, 0.5) is 0 Å². The molecule has 6 heteroatoms. The minimum atomic E-state index is -1.49. The highest BCUT2D eigenvalue weighted by atomic mass is 16.7. The van der Waals surface area contributed by atoms with Crippen molar-refractivity contribution in [2.45, 2.75) is 64.3 Å². The van der Waals surface area contributed by atoms with Gasteiger partial charge in [0.05, 0.1) is 19.3 Å². The molecule has 26 heavy (non-hydrogen) atoms. The van der Waals surface area contributed by atoms with Gasteiger partial charge >= 0.3 is 5.97 Å². The minimum absolute atomic E-state index is 0.0901. The predicted octanol–water partition coefficient (Wildman–Crippen LogP) is 3.32. The van der Waals surface area contributed by atoms with Crippen LogP contribution in [0.15, 0.2) is 24.3 Å². The molecule has 0 radical (unpaired) electrons. The summed E-state index contributed by atoms with van der Waals surface area (Å²) in [5, 5.41) is 9.56. The molecule has 1 aromatic rings. The number of hydrogen-bond donors (Lipinski definition) is 1. The second kappa shape index (κ2) is 8.18. The lowest BCUT2D eigenvalue weighted by Crippen LogP contribution is -2.41. The fourth-order valence-corrected chi connectivity index (χ4v) is 3.32. The van der Waals surface area contributed by atoms with Gasteiger partial charge in [-0.05, 0) is 57.7 Å². The Balaban J connectivity index is 1.89. The summed E-state index contributed by atoms with van der Waals surface area (Å²) in [6.07, 6.45) is 1.97. The average molecular weight is 364 g/mol. The van der Waals surface area contributed by atoms with E-state index in [1.807, 2.05) is 13.8 Å². The van der Waals surface area contributed by atoms with E-state index in [0.29, 0.717) is 24.5 Å². The number of carboxylic acid groups (broad SMARTS) is 1. The normalized spacial score (nSPS) is 21.2. The van der Waals surface area contributed by atoms with Crippen LogP contribution in [0.2, 0.25) is 0 Å². The first-order chi connectivity index (χ1) is 12.2. The highest BCUT2D eigenvalue weighted by molar-refractivity contribution is 6.07. The predicted molar refractivity (Wildman–Crippen MR) is 96.4 cm³/mol. The molecule has 2 atom stereocenters. The zero-order valence-corrected chi connectivity index (χ0v) is 15.9. The van der Waals surface area contributed by atoms with Crippen molar-refractivity contribution in [2.24, 2.45) is 0 Å². The Morgan fingerprint density at radius 3 is 2.42 bits per heavy atom. The van der Waals surface area contributed by atoms with Gasteiger partial charge in [0.1, 0.15) is 5.75 Å². The van der Waals surface area contributed by atoms with Gasteiger partial charge in [-0.1, -0.05) is 19.1 Å². The van der Waals surface area contributed by atoms with Crippen LogP contribution in [0.5, 0.6) is 5.75 Å². The molecule has 0 bridgehead atoms. The molecule has 1 aliphatic heterocycles. The summed E-state index contributed by atoms with van der Waals surface area (Å²) in [7, 11) is 0. The summed E-state index contributed by atoms with van der Waals surface area (Å²) >= 11 is 0. The molecule has 1 aromatic carbocycles. The van der Waals surface area contributed by atoms with Crippen LogP contribution in [0, 0.1) is 0 Å². The Labute approximate surface area is 154 Å².